The molecule has 1 heterocycles. The first-order valence-electron chi connectivity index (χ1n) is 5.33. The lowest BCUT2D eigenvalue weighted by Gasteiger charge is -2.03. The highest BCUT2D eigenvalue weighted by atomic mass is 19.1. The maximum atomic E-state index is 13.9. The van der Waals surface area contributed by atoms with Crippen molar-refractivity contribution in [2.45, 2.75) is 33.7 Å². The predicted molar refractivity (Wildman–Crippen MR) is 59.5 cm³/mol. The van der Waals surface area contributed by atoms with Crippen molar-refractivity contribution < 1.29 is 4.39 Å². The van der Waals surface area contributed by atoms with Crippen molar-refractivity contribution in [3.8, 4) is 0 Å². The van der Waals surface area contributed by atoms with Gasteiger partial charge in [-0.1, -0.05) is 13.0 Å². The molecule has 1 aromatic heterocycles. The Bertz CT molecular complexity index is 500. The van der Waals surface area contributed by atoms with E-state index in [0.29, 0.717) is 11.9 Å². The molecule has 0 saturated heterocycles. The first kappa shape index (κ1) is 10.1. The lowest BCUT2D eigenvalue weighted by Crippen LogP contribution is -1.96. The summed E-state index contributed by atoms with van der Waals surface area (Å²) in [7, 11) is 0. The fourth-order valence-electron chi connectivity index (χ4n) is 1.99. The summed E-state index contributed by atoms with van der Waals surface area (Å²) in [6.07, 6.45) is 0.708. The molecule has 15 heavy (non-hydrogen) atoms. The minimum atomic E-state index is -0.162. The fourth-order valence-corrected chi connectivity index (χ4v) is 1.99. The second-order valence-electron chi connectivity index (χ2n) is 3.66. The summed E-state index contributed by atoms with van der Waals surface area (Å²) in [5.74, 6) is 0.713. The minimum absolute atomic E-state index is 0.162. The van der Waals surface area contributed by atoms with Crippen LogP contribution in [0, 0.1) is 12.7 Å². The number of nitrogens with zero attached hydrogens (tertiary/aromatic N) is 2. The third kappa shape index (κ3) is 1.42. The van der Waals surface area contributed by atoms with E-state index in [2.05, 4.69) is 4.98 Å². The van der Waals surface area contributed by atoms with E-state index in [-0.39, 0.29) is 5.82 Å². The van der Waals surface area contributed by atoms with E-state index in [1.807, 2.05) is 37.5 Å². The molecular formula is C12H15FN2. The van der Waals surface area contributed by atoms with E-state index in [0.717, 1.165) is 23.4 Å². The molecule has 3 heteroatoms. The first-order chi connectivity index (χ1) is 7.19. The van der Waals surface area contributed by atoms with Gasteiger partial charge in [-0.2, -0.15) is 0 Å². The number of hydrogen-bond acceptors (Lipinski definition) is 1. The van der Waals surface area contributed by atoms with Crippen molar-refractivity contribution in [2.24, 2.45) is 0 Å². The predicted octanol–water partition coefficient (Wildman–Crippen LogP) is 3.07. The molecule has 2 rings (SSSR count). The van der Waals surface area contributed by atoms with Crippen molar-refractivity contribution in [1.82, 2.24) is 9.55 Å². The molecule has 0 aliphatic rings. The number of aromatic nitrogens is 2. The second-order valence-corrected chi connectivity index (χ2v) is 3.66. The van der Waals surface area contributed by atoms with Gasteiger partial charge in [0.25, 0.3) is 0 Å². The van der Waals surface area contributed by atoms with Crippen LogP contribution in [0.25, 0.3) is 11.0 Å². The van der Waals surface area contributed by atoms with Gasteiger partial charge in [-0.15, -0.1) is 0 Å². The van der Waals surface area contributed by atoms with Crippen LogP contribution in [0.4, 0.5) is 4.39 Å². The Morgan fingerprint density at radius 1 is 1.33 bits per heavy atom. The highest BCUT2D eigenvalue weighted by molar-refractivity contribution is 5.77. The molecule has 0 radical (unpaired) electrons. The summed E-state index contributed by atoms with van der Waals surface area (Å²) in [5.41, 5.74) is 2.14. The van der Waals surface area contributed by atoms with E-state index < -0.39 is 0 Å². The van der Waals surface area contributed by atoms with Crippen molar-refractivity contribution in [2.75, 3.05) is 0 Å². The average molecular weight is 206 g/mol. The van der Waals surface area contributed by atoms with E-state index >= 15 is 0 Å². The van der Waals surface area contributed by atoms with Crippen LogP contribution in [0.2, 0.25) is 0 Å². The summed E-state index contributed by atoms with van der Waals surface area (Å²) in [6, 6.07) is 3.81. The van der Waals surface area contributed by atoms with Gasteiger partial charge in [0.2, 0.25) is 0 Å². The van der Waals surface area contributed by atoms with E-state index in [9.17, 15) is 4.39 Å². The Morgan fingerprint density at radius 3 is 2.67 bits per heavy atom. The number of rotatable bonds is 2. The molecule has 0 aliphatic carbocycles. The van der Waals surface area contributed by atoms with Gasteiger partial charge in [0.1, 0.15) is 11.3 Å². The van der Waals surface area contributed by atoms with Gasteiger partial charge >= 0.3 is 0 Å². The van der Waals surface area contributed by atoms with Crippen LogP contribution in [0.3, 0.4) is 0 Å². The lowest BCUT2D eigenvalue weighted by atomic mass is 10.1. The number of benzene rings is 1. The van der Waals surface area contributed by atoms with E-state index in [1.54, 1.807) is 0 Å². The Labute approximate surface area is 88.7 Å². The van der Waals surface area contributed by atoms with Gasteiger partial charge in [0, 0.05) is 6.54 Å². The number of halogens is 1. The number of imidazole rings is 1. The Balaban J connectivity index is 2.79. The van der Waals surface area contributed by atoms with Crippen molar-refractivity contribution >= 4 is 11.0 Å². The first-order valence-corrected chi connectivity index (χ1v) is 5.33. The Hall–Kier alpha value is -1.38. The van der Waals surface area contributed by atoms with Crippen LogP contribution < -0.4 is 0 Å². The van der Waals surface area contributed by atoms with Gasteiger partial charge in [0.05, 0.1) is 5.52 Å². The molecule has 0 saturated carbocycles. The van der Waals surface area contributed by atoms with Crippen LogP contribution >= 0.6 is 0 Å². The molecular weight excluding hydrogens is 191 g/mol. The van der Waals surface area contributed by atoms with Crippen molar-refractivity contribution in [3.63, 3.8) is 0 Å². The topological polar surface area (TPSA) is 17.8 Å². The smallest absolute Gasteiger partial charge is 0.154 e. The Morgan fingerprint density at radius 2 is 2.07 bits per heavy atom. The number of hydrogen-bond donors (Lipinski definition) is 0. The summed E-state index contributed by atoms with van der Waals surface area (Å²) >= 11 is 0. The maximum Gasteiger partial charge on any atom is 0.154 e. The van der Waals surface area contributed by atoms with Crippen LogP contribution in [0.5, 0.6) is 0 Å². The monoisotopic (exact) mass is 206 g/mol. The summed E-state index contributed by atoms with van der Waals surface area (Å²) < 4.78 is 15.9. The van der Waals surface area contributed by atoms with Gasteiger partial charge in [-0.25, -0.2) is 9.37 Å². The number of aryl methyl sites for hydroxylation is 3. The van der Waals surface area contributed by atoms with Gasteiger partial charge in [-0.05, 0) is 31.9 Å². The third-order valence-corrected chi connectivity index (χ3v) is 2.83. The molecule has 0 spiro atoms. The molecule has 80 valence electrons. The highest BCUT2D eigenvalue weighted by Crippen LogP contribution is 2.22. The summed E-state index contributed by atoms with van der Waals surface area (Å²) in [6.45, 7) is 6.73. The van der Waals surface area contributed by atoms with Crippen LogP contribution in [-0.4, -0.2) is 9.55 Å². The molecule has 0 fully saturated rings. The molecule has 2 aromatic rings. The van der Waals surface area contributed by atoms with Crippen molar-refractivity contribution in [3.05, 3.63) is 29.3 Å². The normalized spacial score (nSPS) is 11.2. The molecule has 0 unspecified atom stereocenters. The molecule has 1 aromatic carbocycles. The molecule has 0 atom stereocenters. The second kappa shape index (κ2) is 3.65. The van der Waals surface area contributed by atoms with E-state index in [4.69, 9.17) is 0 Å². The summed E-state index contributed by atoms with van der Waals surface area (Å²) in [4.78, 5) is 4.28. The number of fused-ring (bicyclic) bond motifs is 1. The maximum absolute atomic E-state index is 13.9. The molecule has 0 amide bonds. The zero-order valence-electron chi connectivity index (χ0n) is 9.34. The zero-order valence-corrected chi connectivity index (χ0v) is 9.34. The van der Waals surface area contributed by atoms with Gasteiger partial charge in [0.15, 0.2) is 5.82 Å². The third-order valence-electron chi connectivity index (χ3n) is 2.83. The molecule has 0 aliphatic heterocycles. The average Bonchev–Trinajstić information content (AvgIpc) is 2.56. The molecule has 0 N–H and O–H groups in total. The van der Waals surface area contributed by atoms with Crippen LogP contribution in [0.15, 0.2) is 12.1 Å². The Kier molecular flexibility index (Phi) is 2.47. The SMILES string of the molecule is CCc1ccc2c(nc(C)n2CC)c1F. The van der Waals surface area contributed by atoms with Crippen LogP contribution in [-0.2, 0) is 13.0 Å². The fraction of sp³-hybridized carbons (Fsp3) is 0.417. The standard InChI is InChI=1S/C12H15FN2/c1-4-9-6-7-10-12(11(9)13)14-8(3)15(10)5-2/h6-7H,4-5H2,1-3H3. The van der Waals surface area contributed by atoms with Gasteiger partial charge < -0.3 is 4.57 Å². The minimum Gasteiger partial charge on any atom is -0.328 e. The molecule has 2 nitrogen and oxygen atoms in total. The van der Waals surface area contributed by atoms with Crippen molar-refractivity contribution in [1.29, 1.82) is 0 Å². The molecule has 0 bridgehead atoms. The van der Waals surface area contributed by atoms with Crippen LogP contribution in [0.1, 0.15) is 25.2 Å². The summed E-state index contributed by atoms with van der Waals surface area (Å²) in [5, 5.41) is 0. The largest absolute Gasteiger partial charge is 0.328 e. The zero-order chi connectivity index (χ0) is 11.0. The lowest BCUT2D eigenvalue weighted by molar-refractivity contribution is 0.621. The van der Waals surface area contributed by atoms with Gasteiger partial charge in [-0.3, -0.25) is 0 Å². The quantitative estimate of drug-likeness (QED) is 0.738. The highest BCUT2D eigenvalue weighted by Gasteiger charge is 2.12. The van der Waals surface area contributed by atoms with E-state index in [1.165, 1.54) is 0 Å².